The van der Waals surface area contributed by atoms with Crippen LogP contribution in [0.25, 0.3) is 0 Å². The summed E-state index contributed by atoms with van der Waals surface area (Å²) in [5.74, 6) is -5.52. The minimum atomic E-state index is -1.25. The van der Waals surface area contributed by atoms with Gasteiger partial charge in [0.05, 0.1) is 23.9 Å². The average Bonchev–Trinajstić information content (AvgIpc) is 2.97. The van der Waals surface area contributed by atoms with Crippen LogP contribution in [0.15, 0.2) is 0 Å². The number of carboxylic acids is 4. The third-order valence-electron chi connectivity index (χ3n) is 5.24. The minimum absolute atomic E-state index is 0. The van der Waals surface area contributed by atoms with Gasteiger partial charge in [0.2, 0.25) is 0 Å². The van der Waals surface area contributed by atoms with Gasteiger partial charge in [0.1, 0.15) is 0 Å². The molecule has 0 amide bonds. The number of rotatable bonds is 20. The van der Waals surface area contributed by atoms with Crippen molar-refractivity contribution in [2.45, 2.75) is 75.5 Å². The zero-order valence-electron chi connectivity index (χ0n) is 27.0. The van der Waals surface area contributed by atoms with Crippen molar-refractivity contribution in [1.82, 2.24) is 21.3 Å². The molecule has 284 valence electrons. The number of aliphatic carboxylic acids is 4. The number of hydrogen-bond acceptors (Lipinski definition) is 16. The molecule has 0 fully saturated rings. The molecule has 0 saturated heterocycles. The maximum absolute atomic E-state index is 10.1. The maximum atomic E-state index is 10.1. The van der Waals surface area contributed by atoms with Crippen molar-refractivity contribution in [2.24, 2.45) is 45.9 Å². The molecular weight excluding hydrogens is 741 g/mol. The minimum Gasteiger partial charge on any atom is -0.548 e. The smallest absolute Gasteiger partial charge is 0.548 e. The first-order valence-corrected chi connectivity index (χ1v) is 14.3. The van der Waals surface area contributed by atoms with Crippen LogP contribution in [0.4, 0.5) is 0 Å². The molecule has 0 spiro atoms. The summed E-state index contributed by atoms with van der Waals surface area (Å²) in [6.07, 6.45) is 3.49. The summed E-state index contributed by atoms with van der Waals surface area (Å²) in [4.78, 5) is 40.4. The van der Waals surface area contributed by atoms with Crippen LogP contribution in [0.5, 0.6) is 0 Å². The Morgan fingerprint density at radius 2 is 0.571 bits per heavy atom. The van der Waals surface area contributed by atoms with Crippen LogP contribution in [0.3, 0.4) is 0 Å². The van der Waals surface area contributed by atoms with E-state index in [0.717, 1.165) is 0 Å². The molecule has 0 heterocycles. The van der Waals surface area contributed by atoms with Crippen LogP contribution in [-0.2, 0) is 38.7 Å². The fraction of sp³-hybridized carbons (Fsp3) is 0.667. The van der Waals surface area contributed by atoms with Crippen LogP contribution in [0, 0.1) is 21.6 Å². The van der Waals surface area contributed by atoms with Crippen LogP contribution < -0.4 is 87.6 Å². The molecule has 0 bridgehead atoms. The molecule has 0 radical (unpaired) electrons. The fourth-order valence-corrected chi connectivity index (χ4v) is 2.65. The zero-order valence-corrected chi connectivity index (χ0v) is 28.8. The van der Waals surface area contributed by atoms with E-state index in [9.17, 15) is 39.6 Å². The molecular formula is C24H52N16O8Ru. The summed E-state index contributed by atoms with van der Waals surface area (Å²) in [6.45, 7) is 1.82. The zero-order chi connectivity index (χ0) is 38.2. The number of carboxylic acid groups (broad SMARTS) is 4. The Morgan fingerprint density at radius 1 is 0.429 bits per heavy atom. The van der Waals surface area contributed by atoms with Gasteiger partial charge in [-0.2, -0.15) is 0 Å². The van der Waals surface area contributed by atoms with E-state index >= 15 is 0 Å². The molecule has 0 unspecified atom stereocenters. The van der Waals surface area contributed by atoms with Crippen LogP contribution >= 0.6 is 0 Å². The second-order valence-electron chi connectivity index (χ2n) is 9.63. The largest absolute Gasteiger partial charge is 4.00 e. The Morgan fingerprint density at radius 3 is 0.673 bits per heavy atom. The van der Waals surface area contributed by atoms with Gasteiger partial charge >= 0.3 is 19.5 Å². The molecule has 0 aromatic carbocycles. The third-order valence-corrected chi connectivity index (χ3v) is 5.24. The number of nitrogens with one attached hydrogen (secondary N) is 8. The predicted octanol–water partition coefficient (Wildman–Crippen LogP) is -10.7. The summed E-state index contributed by atoms with van der Waals surface area (Å²) >= 11 is 0. The molecule has 0 rings (SSSR count). The molecule has 0 aromatic heterocycles. The number of carbonyl (C=O) groups excluding carboxylic acids is 4. The quantitative estimate of drug-likeness (QED) is 0.0235. The van der Waals surface area contributed by atoms with E-state index in [0.29, 0.717) is 77.5 Å². The summed E-state index contributed by atoms with van der Waals surface area (Å²) in [5, 5.41) is 77.6. The summed E-state index contributed by atoms with van der Waals surface area (Å²) in [7, 11) is 0. The van der Waals surface area contributed by atoms with E-state index in [2.05, 4.69) is 21.3 Å². The second kappa shape index (κ2) is 34.7. The monoisotopic (exact) mass is 794 g/mol. The molecule has 0 aliphatic carbocycles. The maximum Gasteiger partial charge on any atom is 4.00 e. The Kier molecular flexibility index (Phi) is 38.2. The molecule has 4 atom stereocenters. The normalized spacial score (nSPS) is 11.8. The van der Waals surface area contributed by atoms with Crippen molar-refractivity contribution in [1.29, 1.82) is 21.6 Å². The summed E-state index contributed by atoms with van der Waals surface area (Å²) < 4.78 is 0. The first-order valence-electron chi connectivity index (χ1n) is 14.3. The van der Waals surface area contributed by atoms with Gasteiger partial charge in [-0.25, -0.2) is 0 Å². The van der Waals surface area contributed by atoms with Crippen molar-refractivity contribution >= 4 is 47.7 Å². The molecule has 49 heavy (non-hydrogen) atoms. The van der Waals surface area contributed by atoms with Gasteiger partial charge < -0.3 is 107 Å². The van der Waals surface area contributed by atoms with E-state index in [1.54, 1.807) is 0 Å². The van der Waals surface area contributed by atoms with Gasteiger partial charge in [0, 0.05) is 50.3 Å². The van der Waals surface area contributed by atoms with Gasteiger partial charge in [-0.15, -0.1) is 0 Å². The second-order valence-corrected chi connectivity index (χ2v) is 9.63. The van der Waals surface area contributed by atoms with E-state index in [1.165, 1.54) is 0 Å². The van der Waals surface area contributed by atoms with Crippen LogP contribution in [-0.4, -0.2) is 98.1 Å². The first-order chi connectivity index (χ1) is 22.1. The molecule has 24 N–H and O–H groups in total. The molecule has 0 aliphatic rings. The number of hydrogen-bond donors (Lipinski definition) is 16. The molecule has 0 aromatic rings. The van der Waals surface area contributed by atoms with Crippen molar-refractivity contribution in [3.8, 4) is 0 Å². The molecule has 24 nitrogen and oxygen atoms in total. The molecule has 0 saturated carbocycles. The number of nitrogens with two attached hydrogens (primary N) is 8. The topological polar surface area (TPSA) is 512 Å². The van der Waals surface area contributed by atoms with E-state index in [1.807, 2.05) is 0 Å². The fourth-order valence-electron chi connectivity index (χ4n) is 2.65. The molecule has 25 heteroatoms. The predicted molar refractivity (Wildman–Crippen MR) is 169 cm³/mol. The van der Waals surface area contributed by atoms with Crippen molar-refractivity contribution in [2.75, 3.05) is 26.2 Å². The number of guanidine groups is 4. The van der Waals surface area contributed by atoms with Gasteiger partial charge in [0.15, 0.2) is 23.8 Å². The van der Waals surface area contributed by atoms with Gasteiger partial charge in [0.25, 0.3) is 0 Å². The Hall–Kier alpha value is -4.58. The van der Waals surface area contributed by atoms with Crippen LogP contribution in [0.2, 0.25) is 0 Å². The Balaban J connectivity index is -0.000000174. The van der Waals surface area contributed by atoms with Crippen molar-refractivity contribution < 1.29 is 59.1 Å². The third kappa shape index (κ3) is 47.9. The van der Waals surface area contributed by atoms with Gasteiger partial charge in [-0.05, 0) is 51.4 Å². The SMILES string of the molecule is N=C(N)NCCC[C@H](N)C(=O)[O-].N=C(N)NCCC[C@H](N)C(=O)[O-].N=C(N)NCCC[C@H](N)C(=O)[O-].N=C(N)NCCC[C@H](N)C(=O)[O-].[Ru+4]. The Bertz CT molecular complexity index is 843. The van der Waals surface area contributed by atoms with Crippen molar-refractivity contribution in [3.63, 3.8) is 0 Å². The number of carbonyl (C=O) groups is 4. The van der Waals surface area contributed by atoms with E-state index in [4.69, 9.17) is 67.5 Å². The standard InChI is InChI=1S/4C6H14N4O2.Ru/c4*7-4(5(11)12)2-1-3-10-6(8)9;/h4*4H,1-3,7H2,(H,11,12)(H4,8,9,10);/q;;;;+4/p-4/t4*4-;/m0000./s1. The van der Waals surface area contributed by atoms with E-state index < -0.39 is 48.0 Å². The molecule has 0 aliphatic heterocycles. The first kappa shape index (κ1) is 53.9. The summed E-state index contributed by atoms with van der Waals surface area (Å²) in [6, 6.07) is -3.73. The average molecular weight is 794 g/mol. The van der Waals surface area contributed by atoms with Crippen LogP contribution in [0.1, 0.15) is 51.4 Å². The van der Waals surface area contributed by atoms with Gasteiger partial charge in [-0.1, -0.05) is 0 Å². The van der Waals surface area contributed by atoms with Crippen molar-refractivity contribution in [3.05, 3.63) is 0 Å². The Labute approximate surface area is 297 Å². The van der Waals surface area contributed by atoms with E-state index in [-0.39, 0.29) is 43.3 Å². The summed E-state index contributed by atoms with van der Waals surface area (Å²) in [5.41, 5.74) is 40.6. The van der Waals surface area contributed by atoms with Gasteiger partial charge in [-0.3, -0.25) is 21.6 Å².